The van der Waals surface area contributed by atoms with E-state index in [0.29, 0.717) is 18.6 Å². The van der Waals surface area contributed by atoms with E-state index in [1.165, 1.54) is 19.3 Å². The van der Waals surface area contributed by atoms with Crippen LogP contribution < -0.4 is 15.4 Å². The van der Waals surface area contributed by atoms with Crippen molar-refractivity contribution in [2.24, 2.45) is 11.8 Å². The van der Waals surface area contributed by atoms with Gasteiger partial charge in [-0.1, -0.05) is 13.8 Å². The maximum atomic E-state index is 5.74. The van der Waals surface area contributed by atoms with E-state index in [1.807, 2.05) is 6.92 Å². The largest absolute Gasteiger partial charge is 0.464 e. The van der Waals surface area contributed by atoms with Gasteiger partial charge in [-0.05, 0) is 38.0 Å². The zero-order chi connectivity index (χ0) is 14.5. The van der Waals surface area contributed by atoms with E-state index in [9.17, 15) is 0 Å². The molecule has 1 atom stereocenters. The smallest absolute Gasteiger partial charge is 0.323 e. The first-order valence-electron chi connectivity index (χ1n) is 7.49. The lowest BCUT2D eigenvalue weighted by atomic mass is 9.89. The molecule has 0 radical (unpaired) electrons. The van der Waals surface area contributed by atoms with Gasteiger partial charge in [0.1, 0.15) is 0 Å². The molecule has 6 nitrogen and oxygen atoms in total. The number of hydrogen-bond donors (Lipinski definition) is 1. The summed E-state index contributed by atoms with van der Waals surface area (Å²) in [6, 6.07) is 0.319. The summed E-state index contributed by atoms with van der Waals surface area (Å²) in [4.78, 5) is 14.8. The number of nitrogens with zero attached hydrogens (tertiary/aromatic N) is 4. The number of hydrogen-bond acceptors (Lipinski definition) is 6. The zero-order valence-electron chi connectivity index (χ0n) is 12.7. The first-order valence-corrected chi connectivity index (χ1v) is 7.49. The predicted molar refractivity (Wildman–Crippen MR) is 79.8 cm³/mol. The predicted octanol–water partition coefficient (Wildman–Crippen LogP) is 2.11. The third-order valence-corrected chi connectivity index (χ3v) is 3.89. The molecule has 0 spiro atoms. The highest BCUT2D eigenvalue weighted by molar-refractivity contribution is 5.36. The summed E-state index contributed by atoms with van der Waals surface area (Å²) < 4.78 is 5.34. The summed E-state index contributed by atoms with van der Waals surface area (Å²) in [5, 5.41) is 0. The second kappa shape index (κ2) is 6.72. The topological polar surface area (TPSA) is 77.2 Å². The van der Waals surface area contributed by atoms with E-state index in [0.717, 1.165) is 24.9 Å². The van der Waals surface area contributed by atoms with Crippen LogP contribution in [0.4, 0.5) is 11.9 Å². The van der Waals surface area contributed by atoms with Crippen LogP contribution in [0.25, 0.3) is 0 Å². The maximum absolute atomic E-state index is 5.74. The maximum Gasteiger partial charge on any atom is 0.323 e. The third-order valence-electron chi connectivity index (χ3n) is 3.89. The van der Waals surface area contributed by atoms with Gasteiger partial charge >= 0.3 is 6.01 Å². The van der Waals surface area contributed by atoms with Crippen molar-refractivity contribution in [3.63, 3.8) is 0 Å². The quantitative estimate of drug-likeness (QED) is 0.909. The number of ether oxygens (including phenoxy) is 1. The van der Waals surface area contributed by atoms with Crippen molar-refractivity contribution >= 4 is 11.9 Å². The summed E-state index contributed by atoms with van der Waals surface area (Å²) in [6.45, 7) is 8.97. The van der Waals surface area contributed by atoms with Crippen LogP contribution in [0.5, 0.6) is 6.01 Å². The van der Waals surface area contributed by atoms with Crippen LogP contribution in [0.2, 0.25) is 0 Å². The van der Waals surface area contributed by atoms with Gasteiger partial charge in [-0.25, -0.2) is 0 Å². The Morgan fingerprint density at radius 3 is 2.75 bits per heavy atom. The highest BCUT2D eigenvalue weighted by Gasteiger charge is 2.21. The van der Waals surface area contributed by atoms with Crippen LogP contribution in [-0.2, 0) is 0 Å². The first kappa shape index (κ1) is 14.8. The average molecular weight is 279 g/mol. The molecule has 1 unspecified atom stereocenters. The van der Waals surface area contributed by atoms with Gasteiger partial charge in [0, 0.05) is 13.1 Å². The SMILES string of the molecule is CCOc1nc(N)nc(N2CCCC(C(C)C)CC2)n1. The van der Waals surface area contributed by atoms with Crippen LogP contribution in [0.1, 0.15) is 40.0 Å². The fourth-order valence-electron chi connectivity index (χ4n) is 2.68. The molecule has 1 aromatic heterocycles. The minimum Gasteiger partial charge on any atom is -0.464 e. The fourth-order valence-corrected chi connectivity index (χ4v) is 2.68. The molecule has 112 valence electrons. The molecule has 0 bridgehead atoms. The van der Waals surface area contributed by atoms with Crippen molar-refractivity contribution in [2.75, 3.05) is 30.3 Å². The van der Waals surface area contributed by atoms with Crippen LogP contribution in [-0.4, -0.2) is 34.6 Å². The molecule has 1 aliphatic heterocycles. The van der Waals surface area contributed by atoms with E-state index in [2.05, 4.69) is 33.7 Å². The average Bonchev–Trinajstić information content (AvgIpc) is 2.64. The molecule has 1 aromatic rings. The number of nitrogens with two attached hydrogens (primary N) is 1. The van der Waals surface area contributed by atoms with Crippen molar-refractivity contribution < 1.29 is 4.74 Å². The second-order valence-corrected chi connectivity index (χ2v) is 5.63. The van der Waals surface area contributed by atoms with Gasteiger partial charge in [0.2, 0.25) is 11.9 Å². The highest BCUT2D eigenvalue weighted by atomic mass is 16.5. The molecule has 1 aliphatic rings. The molecule has 6 heteroatoms. The van der Waals surface area contributed by atoms with Gasteiger partial charge in [0.05, 0.1) is 6.61 Å². The van der Waals surface area contributed by atoms with Crippen molar-refractivity contribution in [2.45, 2.75) is 40.0 Å². The van der Waals surface area contributed by atoms with E-state index in [-0.39, 0.29) is 5.95 Å². The molecular weight excluding hydrogens is 254 g/mol. The summed E-state index contributed by atoms with van der Waals surface area (Å²) in [5.74, 6) is 2.39. The summed E-state index contributed by atoms with van der Waals surface area (Å²) in [5.41, 5.74) is 5.74. The molecule has 20 heavy (non-hydrogen) atoms. The van der Waals surface area contributed by atoms with E-state index in [1.54, 1.807) is 0 Å². The fraction of sp³-hybridized carbons (Fsp3) is 0.786. The van der Waals surface area contributed by atoms with Gasteiger partial charge < -0.3 is 15.4 Å². The van der Waals surface area contributed by atoms with Crippen molar-refractivity contribution in [3.05, 3.63) is 0 Å². The standard InChI is InChI=1S/C14H25N5O/c1-4-20-14-17-12(15)16-13(18-14)19-8-5-6-11(7-9-19)10(2)3/h10-11H,4-9H2,1-3H3,(H2,15,16,17,18). The Morgan fingerprint density at radius 1 is 1.25 bits per heavy atom. The van der Waals surface area contributed by atoms with Crippen LogP contribution >= 0.6 is 0 Å². The minimum absolute atomic E-state index is 0.225. The zero-order valence-corrected chi connectivity index (χ0v) is 12.7. The van der Waals surface area contributed by atoms with Crippen molar-refractivity contribution in [1.29, 1.82) is 0 Å². The van der Waals surface area contributed by atoms with Gasteiger partial charge in [0.15, 0.2) is 0 Å². The van der Waals surface area contributed by atoms with E-state index in [4.69, 9.17) is 10.5 Å². The minimum atomic E-state index is 0.225. The number of anilines is 2. The molecule has 0 amide bonds. The normalized spacial score (nSPS) is 20.0. The Balaban J connectivity index is 2.11. The molecular formula is C14H25N5O. The monoisotopic (exact) mass is 279 g/mol. The summed E-state index contributed by atoms with van der Waals surface area (Å²) in [7, 11) is 0. The lowest BCUT2D eigenvalue weighted by Crippen LogP contribution is -2.27. The molecule has 0 aromatic carbocycles. The molecule has 1 saturated heterocycles. The third kappa shape index (κ3) is 3.71. The Morgan fingerprint density at radius 2 is 2.05 bits per heavy atom. The van der Waals surface area contributed by atoms with Crippen LogP contribution in [0.3, 0.4) is 0 Å². The Hall–Kier alpha value is -1.59. The van der Waals surface area contributed by atoms with E-state index < -0.39 is 0 Å². The molecule has 1 fully saturated rings. The van der Waals surface area contributed by atoms with Gasteiger partial charge in [-0.15, -0.1) is 0 Å². The number of aromatic nitrogens is 3. The lowest BCUT2D eigenvalue weighted by molar-refractivity contribution is 0.312. The van der Waals surface area contributed by atoms with Crippen LogP contribution in [0, 0.1) is 11.8 Å². The molecule has 2 heterocycles. The molecule has 0 saturated carbocycles. The molecule has 0 aliphatic carbocycles. The lowest BCUT2D eigenvalue weighted by Gasteiger charge is -2.21. The van der Waals surface area contributed by atoms with Gasteiger partial charge in [-0.2, -0.15) is 15.0 Å². The molecule has 2 N–H and O–H groups in total. The van der Waals surface area contributed by atoms with Crippen LogP contribution in [0.15, 0.2) is 0 Å². The number of rotatable bonds is 4. The second-order valence-electron chi connectivity index (χ2n) is 5.63. The van der Waals surface area contributed by atoms with Crippen molar-refractivity contribution in [1.82, 2.24) is 15.0 Å². The summed E-state index contributed by atoms with van der Waals surface area (Å²) in [6.07, 6.45) is 3.61. The molecule has 2 rings (SSSR count). The highest BCUT2D eigenvalue weighted by Crippen LogP contribution is 2.26. The summed E-state index contributed by atoms with van der Waals surface area (Å²) >= 11 is 0. The van der Waals surface area contributed by atoms with Gasteiger partial charge in [-0.3, -0.25) is 0 Å². The first-order chi connectivity index (χ1) is 9.60. The van der Waals surface area contributed by atoms with Gasteiger partial charge in [0.25, 0.3) is 0 Å². The Labute approximate surface area is 120 Å². The van der Waals surface area contributed by atoms with E-state index >= 15 is 0 Å². The Kier molecular flexibility index (Phi) is 4.98. The van der Waals surface area contributed by atoms with Crippen molar-refractivity contribution in [3.8, 4) is 6.01 Å². The Bertz CT molecular complexity index is 438. The number of nitrogen functional groups attached to an aromatic ring is 1.